The number of carbonyl (C=O) groups is 2. The van der Waals surface area contributed by atoms with Gasteiger partial charge in [0.25, 0.3) is 5.91 Å². The van der Waals surface area contributed by atoms with Gasteiger partial charge in [-0.2, -0.15) is 0 Å². The standard InChI is InChI=1S/C19H27N7O2S/c1-13-5-10-25(11-6-13)18-22-15-14(16(27)23-19(28)24(15)2)26(18)9-4-12-29-17-20-7-3-8-21-17/h3,7-8,13-15H,4-6,9-12H2,1-2H3,(H,23,27,28). The van der Waals surface area contributed by atoms with Crippen molar-refractivity contribution in [2.45, 2.75) is 43.6 Å². The Hall–Kier alpha value is -2.36. The zero-order chi connectivity index (χ0) is 20.4. The van der Waals surface area contributed by atoms with Gasteiger partial charge in [-0.05, 0) is 31.2 Å². The van der Waals surface area contributed by atoms with Crippen LogP contribution in [0.1, 0.15) is 26.2 Å². The summed E-state index contributed by atoms with van der Waals surface area (Å²) in [5, 5.41) is 3.22. The molecule has 2 atom stereocenters. The van der Waals surface area contributed by atoms with Crippen LogP contribution in [0.5, 0.6) is 0 Å². The number of likely N-dealkylation sites (tertiary alicyclic amines) is 1. The number of guanidine groups is 1. The van der Waals surface area contributed by atoms with Gasteiger partial charge in [0.1, 0.15) is 0 Å². The number of rotatable bonds is 5. The van der Waals surface area contributed by atoms with Crippen molar-refractivity contribution in [3.8, 4) is 0 Å². The van der Waals surface area contributed by atoms with Crippen LogP contribution in [0.15, 0.2) is 28.6 Å². The molecule has 0 saturated carbocycles. The molecule has 4 rings (SSSR count). The van der Waals surface area contributed by atoms with E-state index in [0.29, 0.717) is 12.5 Å². The second kappa shape index (κ2) is 8.56. The number of hydrogen-bond acceptors (Lipinski definition) is 8. The Morgan fingerprint density at radius 3 is 2.66 bits per heavy atom. The molecular weight excluding hydrogens is 390 g/mol. The van der Waals surface area contributed by atoms with Crippen molar-refractivity contribution in [2.75, 3.05) is 32.4 Å². The number of aromatic nitrogens is 2. The largest absolute Gasteiger partial charge is 0.343 e. The van der Waals surface area contributed by atoms with Gasteiger partial charge in [-0.1, -0.05) is 18.7 Å². The number of thioether (sulfide) groups is 1. The molecule has 2 unspecified atom stereocenters. The number of nitrogens with one attached hydrogen (secondary N) is 1. The minimum atomic E-state index is -0.468. The van der Waals surface area contributed by atoms with Crippen molar-refractivity contribution in [1.82, 2.24) is 30.0 Å². The molecule has 2 saturated heterocycles. The first-order valence-corrected chi connectivity index (χ1v) is 11.1. The fourth-order valence-electron chi connectivity index (χ4n) is 3.98. The molecule has 0 spiro atoms. The van der Waals surface area contributed by atoms with Crippen LogP contribution < -0.4 is 5.32 Å². The van der Waals surface area contributed by atoms with Crippen molar-refractivity contribution in [3.63, 3.8) is 0 Å². The number of urea groups is 1. The Morgan fingerprint density at radius 2 is 1.93 bits per heavy atom. The van der Waals surface area contributed by atoms with Crippen LogP contribution in [-0.4, -0.2) is 87.2 Å². The Balaban J connectivity index is 1.46. The second-order valence-corrected chi connectivity index (χ2v) is 8.85. The Morgan fingerprint density at radius 1 is 1.21 bits per heavy atom. The molecule has 0 aromatic carbocycles. The van der Waals surface area contributed by atoms with E-state index < -0.39 is 12.2 Å². The minimum absolute atomic E-state index is 0.263. The van der Waals surface area contributed by atoms with Crippen molar-refractivity contribution >= 4 is 29.7 Å². The molecule has 3 amide bonds. The highest BCUT2D eigenvalue weighted by Gasteiger charge is 2.49. The van der Waals surface area contributed by atoms with Crippen LogP contribution in [0.2, 0.25) is 0 Å². The quantitative estimate of drug-likeness (QED) is 0.438. The van der Waals surface area contributed by atoms with E-state index in [9.17, 15) is 9.59 Å². The first-order chi connectivity index (χ1) is 14.0. The predicted octanol–water partition coefficient (Wildman–Crippen LogP) is 1.24. The van der Waals surface area contributed by atoms with Gasteiger partial charge in [-0.15, -0.1) is 0 Å². The number of carbonyl (C=O) groups excluding carboxylic acids is 2. The van der Waals surface area contributed by atoms with Crippen LogP contribution in [0.3, 0.4) is 0 Å². The maximum atomic E-state index is 12.7. The number of imide groups is 1. The molecule has 29 heavy (non-hydrogen) atoms. The molecule has 1 aromatic rings. The van der Waals surface area contributed by atoms with Gasteiger partial charge in [-0.3, -0.25) is 10.1 Å². The lowest BCUT2D eigenvalue weighted by Crippen LogP contribution is -2.64. The number of nitrogens with zero attached hydrogens (tertiary/aromatic N) is 6. The summed E-state index contributed by atoms with van der Waals surface area (Å²) in [6.45, 7) is 4.83. The molecule has 0 radical (unpaired) electrons. The monoisotopic (exact) mass is 417 g/mol. The fraction of sp³-hybridized carbons (Fsp3) is 0.632. The van der Waals surface area contributed by atoms with E-state index >= 15 is 0 Å². The topological polar surface area (TPSA) is 94.0 Å². The molecule has 0 bridgehead atoms. The van der Waals surface area contributed by atoms with Gasteiger partial charge in [0.15, 0.2) is 23.3 Å². The van der Waals surface area contributed by atoms with Crippen LogP contribution in [0.25, 0.3) is 0 Å². The third kappa shape index (κ3) is 4.17. The summed E-state index contributed by atoms with van der Waals surface area (Å²) in [5.41, 5.74) is 0. The summed E-state index contributed by atoms with van der Waals surface area (Å²) in [5.74, 6) is 2.14. The predicted molar refractivity (Wildman–Crippen MR) is 110 cm³/mol. The molecular formula is C19H27N7O2S. The average molecular weight is 418 g/mol. The lowest BCUT2D eigenvalue weighted by molar-refractivity contribution is -0.127. The van der Waals surface area contributed by atoms with Crippen LogP contribution in [0.4, 0.5) is 4.79 Å². The SMILES string of the molecule is CC1CCN(C2=NC3C(C(=O)NC(=O)N3C)N2CCCSc2ncccn2)CC1. The van der Waals surface area contributed by atoms with Crippen molar-refractivity contribution < 1.29 is 9.59 Å². The van der Waals surface area contributed by atoms with E-state index in [2.05, 4.69) is 32.0 Å². The van der Waals surface area contributed by atoms with Crippen molar-refractivity contribution in [3.05, 3.63) is 18.5 Å². The van der Waals surface area contributed by atoms with Crippen molar-refractivity contribution in [2.24, 2.45) is 10.9 Å². The molecule has 2 fully saturated rings. The number of piperidine rings is 1. The molecule has 10 heteroatoms. The molecule has 3 aliphatic heterocycles. The highest BCUT2D eigenvalue weighted by molar-refractivity contribution is 7.99. The number of likely N-dealkylation sites (N-methyl/N-ethyl adjacent to an activating group) is 1. The number of hydrogen-bond donors (Lipinski definition) is 1. The van der Waals surface area contributed by atoms with Gasteiger partial charge in [0, 0.05) is 44.8 Å². The highest BCUT2D eigenvalue weighted by Crippen LogP contribution is 2.28. The van der Waals surface area contributed by atoms with Crippen LogP contribution in [0, 0.1) is 5.92 Å². The van der Waals surface area contributed by atoms with Crippen LogP contribution >= 0.6 is 11.8 Å². The summed E-state index contributed by atoms with van der Waals surface area (Å²) in [6, 6.07) is 0.950. The van der Waals surface area contributed by atoms with E-state index in [-0.39, 0.29) is 11.9 Å². The Kier molecular flexibility index (Phi) is 5.89. The first-order valence-electron chi connectivity index (χ1n) is 10.1. The Bertz CT molecular complexity index is 782. The highest BCUT2D eigenvalue weighted by atomic mass is 32.2. The summed E-state index contributed by atoms with van der Waals surface area (Å²) < 4.78 is 0. The van der Waals surface area contributed by atoms with E-state index in [1.807, 2.05) is 0 Å². The summed E-state index contributed by atoms with van der Waals surface area (Å²) in [7, 11) is 1.70. The van der Waals surface area contributed by atoms with Gasteiger partial charge in [0.2, 0.25) is 0 Å². The molecule has 9 nitrogen and oxygen atoms in total. The maximum Gasteiger partial charge on any atom is 0.325 e. The smallest absolute Gasteiger partial charge is 0.325 e. The lowest BCUT2D eigenvalue weighted by Gasteiger charge is -2.39. The normalized spacial score (nSPS) is 25.2. The summed E-state index contributed by atoms with van der Waals surface area (Å²) >= 11 is 1.60. The van der Waals surface area contributed by atoms with E-state index in [0.717, 1.165) is 49.2 Å². The first kappa shape index (κ1) is 19.9. The number of amides is 3. The maximum absolute atomic E-state index is 12.7. The number of aliphatic imine (C=N–C) groups is 1. The third-order valence-electron chi connectivity index (χ3n) is 5.72. The fourth-order valence-corrected chi connectivity index (χ4v) is 4.71. The number of fused-ring (bicyclic) bond motifs is 1. The summed E-state index contributed by atoms with van der Waals surface area (Å²) in [6.07, 6.45) is 6.11. The van der Waals surface area contributed by atoms with Gasteiger partial charge >= 0.3 is 6.03 Å². The zero-order valence-corrected chi connectivity index (χ0v) is 17.6. The van der Waals surface area contributed by atoms with E-state index in [1.54, 1.807) is 37.3 Å². The molecule has 1 aromatic heterocycles. The average Bonchev–Trinajstić information content (AvgIpc) is 3.11. The molecule has 0 aliphatic carbocycles. The third-order valence-corrected chi connectivity index (χ3v) is 6.68. The van der Waals surface area contributed by atoms with Gasteiger partial charge in [0.05, 0.1) is 0 Å². The van der Waals surface area contributed by atoms with Gasteiger partial charge in [-0.25, -0.2) is 19.8 Å². The molecule has 3 aliphatic rings. The zero-order valence-electron chi connectivity index (χ0n) is 16.8. The van der Waals surface area contributed by atoms with Crippen molar-refractivity contribution in [1.29, 1.82) is 0 Å². The Labute approximate surface area is 174 Å². The van der Waals surface area contributed by atoms with E-state index in [1.165, 1.54) is 4.90 Å². The summed E-state index contributed by atoms with van der Waals surface area (Å²) in [4.78, 5) is 43.9. The minimum Gasteiger partial charge on any atom is -0.343 e. The molecule has 4 heterocycles. The van der Waals surface area contributed by atoms with Crippen LogP contribution in [-0.2, 0) is 4.79 Å². The molecule has 1 N–H and O–H groups in total. The van der Waals surface area contributed by atoms with E-state index in [4.69, 9.17) is 4.99 Å². The second-order valence-electron chi connectivity index (χ2n) is 7.79. The lowest BCUT2D eigenvalue weighted by atomic mass is 9.99. The van der Waals surface area contributed by atoms with Gasteiger partial charge < -0.3 is 14.7 Å². The molecule has 156 valence electrons.